The molecule has 0 aliphatic rings. The molecule has 140 valence electrons. The molecular weight excluding hydrogens is 348 g/mol. The lowest BCUT2D eigenvalue weighted by molar-refractivity contribution is -0.116. The Balaban J connectivity index is 4.63. The summed E-state index contributed by atoms with van der Waals surface area (Å²) in [6, 6.07) is 0. The maximum atomic E-state index is 11.6. The zero-order valence-corrected chi connectivity index (χ0v) is 16.9. The average molecular weight is 379 g/mol. The maximum absolute atomic E-state index is 11.6. The number of nitrogens with zero attached hydrogens (tertiary/aromatic N) is 1. The largest absolute Gasteiger partial charge is 0.444 e. The van der Waals surface area contributed by atoms with Gasteiger partial charge in [-0.3, -0.25) is 4.79 Å². The van der Waals surface area contributed by atoms with Gasteiger partial charge in [0, 0.05) is 42.5 Å². The summed E-state index contributed by atoms with van der Waals surface area (Å²) in [6.07, 6.45) is 1.82. The Hall–Kier alpha value is -0.860. The van der Waals surface area contributed by atoms with Crippen molar-refractivity contribution in [1.82, 2.24) is 10.2 Å². The number of rotatable bonds is 11. The Morgan fingerprint density at radius 1 is 1.38 bits per heavy atom. The van der Waals surface area contributed by atoms with Crippen molar-refractivity contribution in [3.8, 4) is 0 Å². The van der Waals surface area contributed by atoms with Gasteiger partial charge in [0.15, 0.2) is 0 Å². The van der Waals surface area contributed by atoms with E-state index in [4.69, 9.17) is 4.74 Å². The predicted octanol–water partition coefficient (Wildman–Crippen LogP) is 3.37. The second-order valence-electron chi connectivity index (χ2n) is 6.11. The molecule has 0 aromatic rings. The highest BCUT2D eigenvalue weighted by Crippen LogP contribution is 2.35. The maximum Gasteiger partial charge on any atom is 0.407 e. The van der Waals surface area contributed by atoms with Crippen LogP contribution in [-0.4, -0.2) is 53.6 Å². The van der Waals surface area contributed by atoms with E-state index in [1.807, 2.05) is 6.92 Å². The van der Waals surface area contributed by atoms with Crippen molar-refractivity contribution in [2.45, 2.75) is 53.1 Å². The zero-order chi connectivity index (χ0) is 18.6. The van der Waals surface area contributed by atoms with Gasteiger partial charge in [-0.1, -0.05) is 28.5 Å². The van der Waals surface area contributed by atoms with Crippen molar-refractivity contribution in [2.75, 3.05) is 25.4 Å². The lowest BCUT2D eigenvalue weighted by atomic mass is 10.2. The van der Waals surface area contributed by atoms with Crippen LogP contribution >= 0.6 is 21.6 Å². The number of aliphatic hydroxyl groups excluding tert-OH is 1. The predicted molar refractivity (Wildman–Crippen MR) is 102 cm³/mol. The molecule has 0 bridgehead atoms. The second kappa shape index (κ2) is 12.5. The number of carbonyl (C=O) groups is 2. The van der Waals surface area contributed by atoms with Crippen LogP contribution in [0.25, 0.3) is 0 Å². The second-order valence-corrected chi connectivity index (χ2v) is 8.63. The van der Waals surface area contributed by atoms with Crippen molar-refractivity contribution < 1.29 is 19.4 Å². The lowest BCUT2D eigenvalue weighted by Gasteiger charge is -2.23. The number of aliphatic hydroxyl groups is 1. The van der Waals surface area contributed by atoms with Gasteiger partial charge in [0.2, 0.25) is 6.41 Å². The summed E-state index contributed by atoms with van der Waals surface area (Å²) >= 11 is 0. The monoisotopic (exact) mass is 378 g/mol. The number of amides is 2. The van der Waals surface area contributed by atoms with Crippen LogP contribution in [0.15, 0.2) is 10.6 Å². The fourth-order valence-electron chi connectivity index (χ4n) is 1.63. The molecule has 0 saturated heterocycles. The van der Waals surface area contributed by atoms with E-state index in [1.54, 1.807) is 47.3 Å². The number of hydrogen-bond donors (Lipinski definition) is 2. The molecule has 6 nitrogen and oxygen atoms in total. The molecule has 0 aromatic heterocycles. The summed E-state index contributed by atoms with van der Waals surface area (Å²) < 4.78 is 5.16. The van der Waals surface area contributed by atoms with E-state index in [1.165, 1.54) is 0 Å². The van der Waals surface area contributed by atoms with Crippen molar-refractivity contribution >= 4 is 34.1 Å². The first-order valence-corrected chi connectivity index (χ1v) is 10.4. The first kappa shape index (κ1) is 23.1. The molecular formula is C16H30N2O4S2. The van der Waals surface area contributed by atoms with Gasteiger partial charge in [-0.25, -0.2) is 4.79 Å². The fourth-order valence-corrected chi connectivity index (χ4v) is 4.23. The third-order valence-electron chi connectivity index (χ3n) is 2.77. The summed E-state index contributed by atoms with van der Waals surface area (Å²) in [6.45, 7) is 10.0. The van der Waals surface area contributed by atoms with E-state index >= 15 is 0 Å². The molecule has 0 spiro atoms. The van der Waals surface area contributed by atoms with Crippen molar-refractivity contribution in [1.29, 1.82) is 0 Å². The number of hydrogen-bond acceptors (Lipinski definition) is 6. The normalized spacial score (nSPS) is 12.4. The topological polar surface area (TPSA) is 78.9 Å². The Morgan fingerprint density at radius 2 is 2.04 bits per heavy atom. The molecule has 0 aliphatic heterocycles. The molecule has 2 N–H and O–H groups in total. The minimum absolute atomic E-state index is 0.0369. The number of nitrogens with one attached hydrogen (secondary N) is 1. The van der Waals surface area contributed by atoms with Gasteiger partial charge in [0.05, 0.1) is 0 Å². The lowest BCUT2D eigenvalue weighted by Crippen LogP contribution is -2.37. The fraction of sp³-hybridized carbons (Fsp3) is 0.750. The number of carbonyl (C=O) groups excluding carboxylic acids is 2. The Kier molecular flexibility index (Phi) is 12.0. The summed E-state index contributed by atoms with van der Waals surface area (Å²) in [5.74, 6) is 1.01. The van der Waals surface area contributed by atoms with Crippen molar-refractivity contribution in [2.24, 2.45) is 0 Å². The Labute approximate surface area is 153 Å². The van der Waals surface area contributed by atoms with Gasteiger partial charge in [0.25, 0.3) is 0 Å². The molecule has 0 rings (SSSR count). The van der Waals surface area contributed by atoms with Crippen molar-refractivity contribution in [3.63, 3.8) is 0 Å². The highest BCUT2D eigenvalue weighted by molar-refractivity contribution is 8.78. The first-order chi connectivity index (χ1) is 11.2. The van der Waals surface area contributed by atoms with Crippen molar-refractivity contribution in [3.05, 3.63) is 10.6 Å². The summed E-state index contributed by atoms with van der Waals surface area (Å²) in [7, 11) is 3.30. The van der Waals surface area contributed by atoms with Crippen LogP contribution < -0.4 is 5.32 Å². The van der Waals surface area contributed by atoms with E-state index in [9.17, 15) is 14.7 Å². The molecule has 0 aliphatic carbocycles. The smallest absolute Gasteiger partial charge is 0.407 e. The summed E-state index contributed by atoms with van der Waals surface area (Å²) in [5.41, 5.74) is 0.254. The van der Waals surface area contributed by atoms with Crippen LogP contribution in [0.5, 0.6) is 0 Å². The molecule has 2 amide bonds. The first-order valence-electron chi connectivity index (χ1n) is 8.04. The number of ether oxygens (including phenoxy) is 1. The highest BCUT2D eigenvalue weighted by Gasteiger charge is 2.16. The molecule has 0 fully saturated rings. The van der Waals surface area contributed by atoms with Gasteiger partial charge >= 0.3 is 6.09 Å². The van der Waals surface area contributed by atoms with Crippen LogP contribution in [0.1, 0.15) is 47.5 Å². The third kappa shape index (κ3) is 10.8. The molecule has 0 radical (unpaired) electrons. The SMILES string of the molecule is CCCSSC(CCO)=C(C)N(C=O)CCNC(=O)OC(C)(C)C. The quantitative estimate of drug-likeness (QED) is 0.326. The molecule has 0 unspecified atom stereocenters. The van der Waals surface area contributed by atoms with E-state index in [2.05, 4.69) is 12.2 Å². The molecule has 24 heavy (non-hydrogen) atoms. The van der Waals surface area contributed by atoms with Crippen LogP contribution in [0.3, 0.4) is 0 Å². The zero-order valence-electron chi connectivity index (χ0n) is 15.3. The molecule has 0 aromatic carbocycles. The molecule has 0 heterocycles. The van der Waals surface area contributed by atoms with Gasteiger partial charge in [-0.15, -0.1) is 0 Å². The number of alkyl carbamates (subject to hydrolysis) is 1. The van der Waals surface area contributed by atoms with Crippen LogP contribution in [0, 0.1) is 0 Å². The van der Waals surface area contributed by atoms with Gasteiger partial charge in [-0.05, 0) is 34.1 Å². The Morgan fingerprint density at radius 3 is 2.54 bits per heavy atom. The summed E-state index contributed by atoms with van der Waals surface area (Å²) in [4.78, 5) is 25.5. The van der Waals surface area contributed by atoms with Crippen LogP contribution in [-0.2, 0) is 9.53 Å². The number of allylic oxidation sites excluding steroid dienone is 1. The highest BCUT2D eigenvalue weighted by atomic mass is 33.1. The minimum atomic E-state index is -0.550. The van der Waals surface area contributed by atoms with E-state index in [0.717, 1.165) is 29.2 Å². The van der Waals surface area contributed by atoms with Gasteiger partial charge in [-0.2, -0.15) is 0 Å². The van der Waals surface area contributed by atoms with E-state index in [-0.39, 0.29) is 6.61 Å². The third-order valence-corrected chi connectivity index (χ3v) is 5.62. The van der Waals surface area contributed by atoms with Gasteiger partial charge in [0.1, 0.15) is 5.60 Å². The van der Waals surface area contributed by atoms with Crippen LogP contribution in [0.4, 0.5) is 4.79 Å². The molecule has 8 heteroatoms. The Bertz CT molecular complexity index is 423. The molecule has 0 atom stereocenters. The minimum Gasteiger partial charge on any atom is -0.444 e. The van der Waals surface area contributed by atoms with E-state index < -0.39 is 11.7 Å². The standard InChI is InChI=1S/C16H30N2O4S2/c1-6-11-23-24-14(7-10-19)13(2)18(12-20)9-8-17-15(21)22-16(3,4)5/h12,19H,6-11H2,1-5H3,(H,17,21). The average Bonchev–Trinajstić information content (AvgIpc) is 2.48. The molecule has 0 saturated carbocycles. The summed E-state index contributed by atoms with van der Waals surface area (Å²) in [5, 5.41) is 11.9. The van der Waals surface area contributed by atoms with Gasteiger partial charge < -0.3 is 20.1 Å². The van der Waals surface area contributed by atoms with Crippen LogP contribution in [0.2, 0.25) is 0 Å². The van der Waals surface area contributed by atoms with E-state index in [0.29, 0.717) is 19.5 Å².